The number of fused-ring (bicyclic) bond motifs is 12. The molecule has 4 aliphatic heterocycles. The lowest BCUT2D eigenvalue weighted by Gasteiger charge is -2.28. The molecule has 0 amide bonds. The highest BCUT2D eigenvalue weighted by Crippen LogP contribution is 2.56. The van der Waals surface area contributed by atoms with Crippen LogP contribution in [0.2, 0.25) is 0 Å². The maximum Gasteiger partial charge on any atom is 0.210 e. The zero-order valence-electron chi connectivity index (χ0n) is 51.6. The Kier molecular flexibility index (Phi) is 14.6. The molecule has 0 saturated heterocycles. The molecule has 4 nitrogen and oxygen atoms in total. The molecule has 8 aromatic rings. The molecule has 2 atom stereocenters. The highest BCUT2D eigenvalue weighted by Gasteiger charge is 2.48. The molecular formula is C79H86N4+2. The maximum atomic E-state index is 2.61. The van der Waals surface area contributed by atoms with Crippen molar-refractivity contribution in [2.45, 2.75) is 136 Å². The van der Waals surface area contributed by atoms with E-state index in [0.29, 0.717) is 0 Å². The van der Waals surface area contributed by atoms with Crippen molar-refractivity contribution in [3.05, 3.63) is 239 Å². The van der Waals surface area contributed by atoms with Crippen LogP contribution in [0.3, 0.4) is 0 Å². The van der Waals surface area contributed by atoms with Gasteiger partial charge in [-0.05, 0) is 176 Å². The number of likely N-dealkylation sites (N-methyl/N-ethyl adjacent to an activating group) is 2. The van der Waals surface area contributed by atoms with Gasteiger partial charge in [0, 0.05) is 95.9 Å². The third-order valence-electron chi connectivity index (χ3n) is 19.8. The fourth-order valence-corrected chi connectivity index (χ4v) is 15.7. The van der Waals surface area contributed by atoms with Gasteiger partial charge < -0.3 is 9.80 Å². The van der Waals surface area contributed by atoms with Crippen molar-refractivity contribution >= 4 is 77.3 Å². The molecular weight excluding hydrogens is 1000 g/mol. The minimum Gasteiger partial charge on any atom is -0.347 e. The van der Waals surface area contributed by atoms with Crippen LogP contribution in [-0.4, -0.2) is 47.8 Å². The molecule has 0 bridgehead atoms. The number of hydrogen-bond donors (Lipinski definition) is 0. The minimum atomic E-state index is -0.258. The zero-order valence-corrected chi connectivity index (χ0v) is 51.6. The molecule has 4 heterocycles. The van der Waals surface area contributed by atoms with E-state index in [9.17, 15) is 0 Å². The van der Waals surface area contributed by atoms with Crippen LogP contribution in [0.5, 0.6) is 0 Å². The summed E-state index contributed by atoms with van der Waals surface area (Å²) in [5, 5.41) is 10.7. The maximum absolute atomic E-state index is 2.61. The third kappa shape index (κ3) is 8.92. The van der Waals surface area contributed by atoms with Gasteiger partial charge in [0.15, 0.2) is 11.4 Å². The van der Waals surface area contributed by atoms with Crippen molar-refractivity contribution in [3.8, 4) is 0 Å². The molecule has 12 rings (SSSR count). The Bertz CT molecular complexity index is 3910. The normalized spacial score (nSPS) is 21.0. The summed E-state index contributed by atoms with van der Waals surface area (Å²) in [7, 11) is 4.62. The molecule has 0 radical (unpaired) electrons. The summed E-state index contributed by atoms with van der Waals surface area (Å²) in [5.41, 5.74) is 18.3. The van der Waals surface area contributed by atoms with Crippen LogP contribution in [0.4, 0.5) is 22.7 Å². The van der Waals surface area contributed by atoms with E-state index in [0.717, 1.165) is 58.0 Å². The van der Waals surface area contributed by atoms with E-state index in [1.165, 1.54) is 122 Å². The number of anilines is 2. The van der Waals surface area contributed by atoms with Crippen molar-refractivity contribution < 1.29 is 9.15 Å². The van der Waals surface area contributed by atoms with Crippen LogP contribution in [0, 0.1) is 0 Å². The van der Waals surface area contributed by atoms with Gasteiger partial charge in [-0.3, -0.25) is 0 Å². The van der Waals surface area contributed by atoms with Crippen LogP contribution in [0.15, 0.2) is 206 Å². The molecule has 83 heavy (non-hydrogen) atoms. The van der Waals surface area contributed by atoms with Gasteiger partial charge >= 0.3 is 0 Å². The summed E-state index contributed by atoms with van der Waals surface area (Å²) in [6, 6.07) is 50.8. The largest absolute Gasteiger partial charge is 0.347 e. The Labute approximate surface area is 495 Å². The molecule has 4 aliphatic rings. The molecule has 8 aromatic carbocycles. The van der Waals surface area contributed by atoms with Crippen molar-refractivity contribution in [2.75, 3.05) is 37.0 Å². The first-order chi connectivity index (χ1) is 40.1. The van der Waals surface area contributed by atoms with Crippen molar-refractivity contribution in [2.24, 2.45) is 0 Å². The summed E-state index contributed by atoms with van der Waals surface area (Å²) in [5.74, 6) is 0. The van der Waals surface area contributed by atoms with Gasteiger partial charge in [-0.25, -0.2) is 0 Å². The molecule has 0 spiro atoms. The van der Waals surface area contributed by atoms with E-state index in [2.05, 4.69) is 297 Å². The molecule has 420 valence electrons. The lowest BCUT2D eigenvalue weighted by atomic mass is 9.75. The number of rotatable bonds is 16. The van der Waals surface area contributed by atoms with Gasteiger partial charge in [0.1, 0.15) is 13.1 Å². The smallest absolute Gasteiger partial charge is 0.210 e. The van der Waals surface area contributed by atoms with Gasteiger partial charge in [-0.15, -0.1) is 0 Å². The van der Waals surface area contributed by atoms with E-state index in [1.807, 2.05) is 0 Å². The van der Waals surface area contributed by atoms with Crippen LogP contribution in [0.25, 0.3) is 43.1 Å². The lowest BCUT2D eigenvalue weighted by Crippen LogP contribution is -2.28. The Morgan fingerprint density at radius 2 is 0.819 bits per heavy atom. The van der Waals surface area contributed by atoms with Gasteiger partial charge in [-0.1, -0.05) is 160 Å². The van der Waals surface area contributed by atoms with Crippen molar-refractivity contribution in [3.63, 3.8) is 0 Å². The summed E-state index contributed by atoms with van der Waals surface area (Å²) in [6.45, 7) is 25.6. The Morgan fingerprint density at radius 1 is 0.446 bits per heavy atom. The predicted molar refractivity (Wildman–Crippen MR) is 359 cm³/mol. The number of allylic oxidation sites excluding steroid dienone is 12. The Hall–Kier alpha value is -7.82. The van der Waals surface area contributed by atoms with Crippen LogP contribution in [-0.2, 0) is 28.1 Å². The van der Waals surface area contributed by atoms with Gasteiger partial charge in [0.05, 0.1) is 10.8 Å². The second-order valence-corrected chi connectivity index (χ2v) is 25.7. The second-order valence-electron chi connectivity index (χ2n) is 25.7. The monoisotopic (exact) mass is 1090 g/mol. The molecule has 0 N–H and O–H groups in total. The first-order valence-electron chi connectivity index (χ1n) is 31.1. The van der Waals surface area contributed by atoms with Crippen molar-refractivity contribution in [1.82, 2.24) is 0 Å². The van der Waals surface area contributed by atoms with E-state index in [4.69, 9.17) is 0 Å². The Morgan fingerprint density at radius 3 is 1.20 bits per heavy atom. The molecule has 0 aliphatic carbocycles. The number of unbranched alkanes of at least 4 members (excludes halogenated alkanes) is 2. The topological polar surface area (TPSA) is 12.5 Å². The minimum absolute atomic E-state index is 0.161. The number of benzene rings is 8. The average Bonchev–Trinajstić information content (AvgIpc) is 3.25. The molecule has 0 fully saturated rings. The van der Waals surface area contributed by atoms with Gasteiger partial charge in [-0.2, -0.15) is 9.15 Å². The lowest BCUT2D eigenvalue weighted by molar-refractivity contribution is -0.438. The SMILES string of the molecule is C/C=C/CC1(C)C(=CC=CC2=[N+](CCCC)c3ccc4ccccc4c3C2(C)C)N(C)c2cc(Cc3cc4c(c5ccccc35)C(C)(C/C=C/C)C(=CC=CC3=[N+](CCCC)c5ccc6ccccc6c5C3(C)C)N4C)c3ccccc3c21. The average molecular weight is 1090 g/mol. The van der Waals surface area contributed by atoms with Gasteiger partial charge in [0.2, 0.25) is 11.4 Å². The van der Waals surface area contributed by atoms with E-state index in [1.54, 1.807) is 0 Å². The molecule has 4 heteroatoms. The number of hydrogen-bond acceptors (Lipinski definition) is 2. The standard InChI is InChI=1S/C79H86N4/c1-13-17-47-78(9)70(41-29-39-68-76(5,6)72-60-35-23-21-31-54(60)43-45-64(72)82(68)49-19-15-3)80(11)66-52-56(58-33-25-27-37-62(58)74(66)78)51-57-53-67-75(63-38-28-26-34-59(57)63)79(10,48-18-14-2)71(81(67)12)42-30-40-69-77(7,8)73-61-36-24-22-32-55(61)44-46-65(73)83(69)50-20-16-4/h13-14,17-18,21-46,52-53H,15-16,19-20,47-51H2,1-12H3/q+2/b17-13+,18-14+. The first kappa shape index (κ1) is 55.7. The third-order valence-corrected chi connectivity index (χ3v) is 19.8. The summed E-state index contributed by atoms with van der Waals surface area (Å²) < 4.78 is 5.23. The van der Waals surface area contributed by atoms with E-state index < -0.39 is 0 Å². The highest BCUT2D eigenvalue weighted by atomic mass is 15.2. The van der Waals surface area contributed by atoms with E-state index in [-0.39, 0.29) is 21.7 Å². The summed E-state index contributed by atoms with van der Waals surface area (Å²) in [6.07, 6.45) is 30.9. The first-order valence-corrected chi connectivity index (χ1v) is 31.1. The van der Waals surface area contributed by atoms with E-state index >= 15 is 0 Å². The number of nitrogens with zero attached hydrogens (tertiary/aromatic N) is 4. The van der Waals surface area contributed by atoms with Crippen LogP contribution >= 0.6 is 0 Å². The van der Waals surface area contributed by atoms with Crippen molar-refractivity contribution in [1.29, 1.82) is 0 Å². The second kappa shape index (κ2) is 21.7. The Balaban J connectivity index is 0.938. The fourth-order valence-electron chi connectivity index (χ4n) is 15.7. The fraction of sp³-hybridized carbons (Fsp3) is 0.316. The molecule has 0 saturated carbocycles. The summed E-state index contributed by atoms with van der Waals surface area (Å²) in [4.78, 5) is 5.03. The molecule has 0 aromatic heterocycles. The van der Waals surface area contributed by atoms with Crippen LogP contribution < -0.4 is 9.80 Å². The quantitative estimate of drug-likeness (QED) is 0.0706. The van der Waals surface area contributed by atoms with Gasteiger partial charge in [0.25, 0.3) is 0 Å². The van der Waals surface area contributed by atoms with Crippen LogP contribution in [0.1, 0.15) is 141 Å². The zero-order chi connectivity index (χ0) is 58.0. The summed E-state index contributed by atoms with van der Waals surface area (Å²) >= 11 is 0. The predicted octanol–water partition coefficient (Wildman–Crippen LogP) is 19.9. The molecule has 2 unspecified atom stereocenters. The highest BCUT2D eigenvalue weighted by molar-refractivity contribution is 6.09.